The van der Waals surface area contributed by atoms with Crippen molar-refractivity contribution in [3.05, 3.63) is 23.8 Å². The SMILES string of the molecule is CCCCCCCCCC(=O)c1c(O)cccc1S(=O)(=O)O. The molecule has 0 radical (unpaired) electrons. The number of benzene rings is 1. The van der Waals surface area contributed by atoms with E-state index in [4.69, 9.17) is 4.55 Å². The van der Waals surface area contributed by atoms with E-state index in [0.29, 0.717) is 6.42 Å². The molecule has 0 bridgehead atoms. The Labute approximate surface area is 132 Å². The average molecular weight is 328 g/mol. The van der Waals surface area contributed by atoms with Crippen molar-refractivity contribution in [1.29, 1.82) is 0 Å². The summed E-state index contributed by atoms with van der Waals surface area (Å²) in [5.74, 6) is -0.873. The summed E-state index contributed by atoms with van der Waals surface area (Å²) >= 11 is 0. The molecule has 0 amide bonds. The molecular weight excluding hydrogens is 304 g/mol. The molecule has 0 atom stereocenters. The summed E-state index contributed by atoms with van der Waals surface area (Å²) in [4.78, 5) is 11.6. The Morgan fingerprint density at radius 3 is 2.23 bits per heavy atom. The highest BCUT2D eigenvalue weighted by Gasteiger charge is 2.23. The predicted molar refractivity (Wildman–Crippen MR) is 84.9 cm³/mol. The fraction of sp³-hybridized carbons (Fsp3) is 0.562. The third-order valence-electron chi connectivity index (χ3n) is 3.57. The maximum absolute atomic E-state index is 12.1. The van der Waals surface area contributed by atoms with Gasteiger partial charge in [-0.05, 0) is 18.6 Å². The summed E-state index contributed by atoms with van der Waals surface area (Å²) in [5.41, 5.74) is -0.309. The van der Waals surface area contributed by atoms with Crippen LogP contribution in [-0.4, -0.2) is 23.9 Å². The Hall–Kier alpha value is -1.40. The lowest BCUT2D eigenvalue weighted by molar-refractivity contribution is 0.0972. The lowest BCUT2D eigenvalue weighted by Crippen LogP contribution is -2.09. The van der Waals surface area contributed by atoms with Gasteiger partial charge < -0.3 is 5.11 Å². The van der Waals surface area contributed by atoms with Gasteiger partial charge in [0.15, 0.2) is 5.78 Å². The number of unbranched alkanes of at least 4 members (excludes halogenated alkanes) is 6. The highest BCUT2D eigenvalue weighted by molar-refractivity contribution is 7.86. The summed E-state index contributed by atoms with van der Waals surface area (Å²) in [7, 11) is -4.53. The number of aromatic hydroxyl groups is 1. The fourth-order valence-electron chi connectivity index (χ4n) is 2.38. The first-order valence-electron chi connectivity index (χ1n) is 7.70. The number of carbonyl (C=O) groups is 1. The molecule has 0 heterocycles. The standard InChI is InChI=1S/C16H24O5S/c1-2-3-4-5-6-7-8-10-13(17)16-14(18)11-9-12-15(16)22(19,20)21/h9,11-12,18H,2-8,10H2,1H3,(H,19,20,21). The van der Waals surface area contributed by atoms with Crippen LogP contribution in [0.15, 0.2) is 23.1 Å². The maximum atomic E-state index is 12.1. The molecule has 5 nitrogen and oxygen atoms in total. The van der Waals surface area contributed by atoms with E-state index >= 15 is 0 Å². The zero-order valence-electron chi connectivity index (χ0n) is 12.9. The van der Waals surface area contributed by atoms with Crippen LogP contribution in [0.4, 0.5) is 0 Å². The third-order valence-corrected chi connectivity index (χ3v) is 4.46. The van der Waals surface area contributed by atoms with Gasteiger partial charge in [0.05, 0.1) is 5.56 Å². The minimum absolute atomic E-state index is 0.161. The summed E-state index contributed by atoms with van der Waals surface area (Å²) in [6.45, 7) is 2.15. The first kappa shape index (κ1) is 18.6. The zero-order chi connectivity index (χ0) is 16.6. The van der Waals surface area contributed by atoms with Crippen molar-refractivity contribution in [2.24, 2.45) is 0 Å². The number of phenols is 1. The zero-order valence-corrected chi connectivity index (χ0v) is 13.7. The highest BCUT2D eigenvalue weighted by Crippen LogP contribution is 2.27. The number of rotatable bonds is 10. The number of Topliss-reactive ketones (excluding diaryl/α,β-unsaturated/α-hetero) is 1. The summed E-state index contributed by atoms with van der Waals surface area (Å²) in [5, 5.41) is 9.73. The molecule has 1 aromatic carbocycles. The Bertz CT molecular complexity index is 593. The van der Waals surface area contributed by atoms with Crippen LogP contribution in [-0.2, 0) is 10.1 Å². The van der Waals surface area contributed by atoms with Crippen LogP contribution in [0.2, 0.25) is 0 Å². The van der Waals surface area contributed by atoms with Crippen molar-refractivity contribution in [1.82, 2.24) is 0 Å². The molecule has 0 saturated carbocycles. The summed E-state index contributed by atoms with van der Waals surface area (Å²) < 4.78 is 31.7. The number of hydrogen-bond donors (Lipinski definition) is 2. The van der Waals surface area contributed by atoms with E-state index < -0.39 is 26.5 Å². The summed E-state index contributed by atoms with van der Waals surface area (Å²) in [6.07, 6.45) is 7.46. The molecule has 1 aromatic rings. The topological polar surface area (TPSA) is 91.7 Å². The molecule has 0 fully saturated rings. The van der Waals surface area contributed by atoms with Crippen LogP contribution in [0.1, 0.15) is 68.6 Å². The molecule has 0 aliphatic rings. The number of hydrogen-bond acceptors (Lipinski definition) is 4. The van der Waals surface area contributed by atoms with Crippen LogP contribution in [0.5, 0.6) is 5.75 Å². The monoisotopic (exact) mass is 328 g/mol. The van der Waals surface area contributed by atoms with E-state index in [2.05, 4.69) is 6.92 Å². The molecule has 0 spiro atoms. The van der Waals surface area contributed by atoms with Crippen molar-refractivity contribution < 1.29 is 22.9 Å². The Morgan fingerprint density at radius 2 is 1.64 bits per heavy atom. The molecule has 0 saturated heterocycles. The molecule has 2 N–H and O–H groups in total. The summed E-state index contributed by atoms with van der Waals surface area (Å²) in [6, 6.07) is 3.64. The molecule has 124 valence electrons. The van der Waals surface area contributed by atoms with Crippen molar-refractivity contribution in [2.45, 2.75) is 63.2 Å². The van der Waals surface area contributed by atoms with Gasteiger partial charge in [0.1, 0.15) is 10.6 Å². The minimum Gasteiger partial charge on any atom is -0.507 e. The van der Waals surface area contributed by atoms with Crippen molar-refractivity contribution in [3.8, 4) is 5.75 Å². The molecule has 1 rings (SSSR count). The van der Waals surface area contributed by atoms with E-state index in [-0.39, 0.29) is 12.0 Å². The third kappa shape index (κ3) is 5.77. The second-order valence-electron chi connectivity index (χ2n) is 5.42. The second-order valence-corrected chi connectivity index (χ2v) is 6.81. The fourth-order valence-corrected chi connectivity index (χ4v) is 3.11. The van der Waals surface area contributed by atoms with Crippen molar-refractivity contribution in [3.63, 3.8) is 0 Å². The molecule has 22 heavy (non-hydrogen) atoms. The quantitative estimate of drug-likeness (QED) is 0.385. The smallest absolute Gasteiger partial charge is 0.295 e. The molecule has 6 heteroatoms. The van der Waals surface area contributed by atoms with Crippen LogP contribution in [0.3, 0.4) is 0 Å². The van der Waals surface area contributed by atoms with Crippen LogP contribution >= 0.6 is 0 Å². The van der Waals surface area contributed by atoms with E-state index in [1.807, 2.05) is 0 Å². The van der Waals surface area contributed by atoms with Gasteiger partial charge in [0.2, 0.25) is 0 Å². The first-order chi connectivity index (χ1) is 10.4. The van der Waals surface area contributed by atoms with E-state index in [9.17, 15) is 18.3 Å². The van der Waals surface area contributed by atoms with Gasteiger partial charge >= 0.3 is 0 Å². The van der Waals surface area contributed by atoms with Crippen LogP contribution < -0.4 is 0 Å². The largest absolute Gasteiger partial charge is 0.507 e. The normalized spacial score (nSPS) is 11.5. The molecule has 0 unspecified atom stereocenters. The van der Waals surface area contributed by atoms with Gasteiger partial charge in [-0.25, -0.2) is 0 Å². The van der Waals surface area contributed by atoms with E-state index in [1.54, 1.807) is 0 Å². The molecule has 0 aliphatic carbocycles. The number of carbonyl (C=O) groups excluding carboxylic acids is 1. The highest BCUT2D eigenvalue weighted by atomic mass is 32.2. The van der Waals surface area contributed by atoms with Gasteiger partial charge in [-0.2, -0.15) is 8.42 Å². The number of ketones is 1. The average Bonchev–Trinajstić information content (AvgIpc) is 2.45. The Morgan fingerprint density at radius 1 is 1.05 bits per heavy atom. The van der Waals surface area contributed by atoms with Crippen molar-refractivity contribution >= 4 is 15.9 Å². The first-order valence-corrected chi connectivity index (χ1v) is 9.14. The second kappa shape index (κ2) is 8.90. The lowest BCUT2D eigenvalue weighted by Gasteiger charge is -2.08. The minimum atomic E-state index is -4.53. The molecule has 0 aliphatic heterocycles. The predicted octanol–water partition coefficient (Wildman–Crippen LogP) is 3.96. The van der Waals surface area contributed by atoms with Gasteiger partial charge in [-0.1, -0.05) is 51.5 Å². The number of phenolic OH excluding ortho intramolecular Hbond substituents is 1. The van der Waals surface area contributed by atoms with E-state index in [1.165, 1.54) is 31.4 Å². The Kier molecular flexibility index (Phi) is 7.55. The van der Waals surface area contributed by atoms with Crippen LogP contribution in [0, 0.1) is 0 Å². The van der Waals surface area contributed by atoms with Crippen molar-refractivity contribution in [2.75, 3.05) is 0 Å². The van der Waals surface area contributed by atoms with Gasteiger partial charge in [-0.3, -0.25) is 9.35 Å². The van der Waals surface area contributed by atoms with Gasteiger partial charge in [0, 0.05) is 6.42 Å². The maximum Gasteiger partial charge on any atom is 0.295 e. The van der Waals surface area contributed by atoms with Gasteiger partial charge in [0.25, 0.3) is 10.1 Å². The Balaban J connectivity index is 2.60. The van der Waals surface area contributed by atoms with E-state index in [0.717, 1.165) is 25.3 Å². The molecule has 0 aromatic heterocycles. The molecular formula is C16H24O5S. The van der Waals surface area contributed by atoms with Crippen LogP contribution in [0.25, 0.3) is 0 Å². The lowest BCUT2D eigenvalue weighted by atomic mass is 10.0. The van der Waals surface area contributed by atoms with Gasteiger partial charge in [-0.15, -0.1) is 0 Å².